The van der Waals surface area contributed by atoms with Crippen LogP contribution in [0.3, 0.4) is 0 Å². The minimum Gasteiger partial charge on any atom is -0.497 e. The van der Waals surface area contributed by atoms with Gasteiger partial charge in [0.05, 0.1) is 7.11 Å². The van der Waals surface area contributed by atoms with Gasteiger partial charge in [-0.2, -0.15) is 0 Å². The molecule has 0 atom stereocenters. The van der Waals surface area contributed by atoms with Crippen LogP contribution in [0, 0.1) is 23.7 Å². The van der Waals surface area contributed by atoms with Crippen molar-refractivity contribution in [2.75, 3.05) is 7.11 Å². The lowest BCUT2D eigenvalue weighted by atomic mass is 10.2. The smallest absolute Gasteiger partial charge is 0.118 e. The fourth-order valence-corrected chi connectivity index (χ4v) is 1.35. The molecule has 0 unspecified atom stereocenters. The van der Waals surface area contributed by atoms with E-state index in [4.69, 9.17) is 4.74 Å². The van der Waals surface area contributed by atoms with Crippen LogP contribution in [0.1, 0.15) is 38.2 Å². The van der Waals surface area contributed by atoms with Crippen LogP contribution in [0.15, 0.2) is 24.3 Å². The molecule has 0 N–H and O–H groups in total. The highest BCUT2D eigenvalue weighted by Crippen LogP contribution is 2.09. The average Bonchev–Trinajstić information content (AvgIpc) is 2.38. The summed E-state index contributed by atoms with van der Waals surface area (Å²) in [5.41, 5.74) is 0.966. The highest BCUT2D eigenvalue weighted by molar-refractivity contribution is 5.42. The maximum absolute atomic E-state index is 5.07. The van der Waals surface area contributed by atoms with Gasteiger partial charge in [-0.05, 0) is 42.5 Å². The summed E-state index contributed by atoms with van der Waals surface area (Å²) in [6, 6.07) is 7.67. The van der Waals surface area contributed by atoms with Crippen LogP contribution in [-0.2, 0) is 0 Å². The van der Waals surface area contributed by atoms with Crippen LogP contribution in [-0.4, -0.2) is 7.11 Å². The largest absolute Gasteiger partial charge is 0.497 e. The summed E-state index contributed by atoms with van der Waals surface area (Å²) in [4.78, 5) is 0. The third-order valence-electron chi connectivity index (χ3n) is 2.35. The number of benzene rings is 1. The second-order valence-electron chi connectivity index (χ2n) is 3.74. The van der Waals surface area contributed by atoms with E-state index >= 15 is 0 Å². The average molecular weight is 226 g/mol. The van der Waals surface area contributed by atoms with Crippen molar-refractivity contribution >= 4 is 0 Å². The highest BCUT2D eigenvalue weighted by Gasteiger charge is 1.88. The Labute approximate surface area is 104 Å². The minimum atomic E-state index is 0.848. The third-order valence-corrected chi connectivity index (χ3v) is 2.35. The molecular weight excluding hydrogens is 208 g/mol. The molecule has 0 radical (unpaired) electrons. The first-order valence-electron chi connectivity index (χ1n) is 5.99. The van der Waals surface area contributed by atoms with Gasteiger partial charge in [-0.3, -0.25) is 0 Å². The second-order valence-corrected chi connectivity index (χ2v) is 3.74. The fourth-order valence-electron chi connectivity index (χ4n) is 1.35. The second kappa shape index (κ2) is 8.31. The number of methoxy groups -OCH3 is 1. The molecule has 1 nitrogen and oxygen atoms in total. The van der Waals surface area contributed by atoms with Crippen LogP contribution in [0.2, 0.25) is 0 Å². The Morgan fingerprint density at radius 1 is 1.06 bits per heavy atom. The lowest BCUT2D eigenvalue weighted by molar-refractivity contribution is 0.415. The Kier molecular flexibility index (Phi) is 6.46. The molecule has 1 aromatic carbocycles. The van der Waals surface area contributed by atoms with Gasteiger partial charge in [0.1, 0.15) is 5.75 Å². The van der Waals surface area contributed by atoms with Crippen LogP contribution >= 0.6 is 0 Å². The summed E-state index contributed by atoms with van der Waals surface area (Å²) in [5, 5.41) is 0. The van der Waals surface area contributed by atoms with Gasteiger partial charge in [-0.1, -0.05) is 31.6 Å². The van der Waals surface area contributed by atoms with E-state index < -0.39 is 0 Å². The molecule has 0 bridgehead atoms. The first-order valence-corrected chi connectivity index (χ1v) is 5.99. The molecule has 1 heteroatoms. The van der Waals surface area contributed by atoms with Gasteiger partial charge in [-0.25, -0.2) is 0 Å². The van der Waals surface area contributed by atoms with E-state index in [0.29, 0.717) is 0 Å². The summed E-state index contributed by atoms with van der Waals surface area (Å²) in [6.45, 7) is 2.19. The molecule has 17 heavy (non-hydrogen) atoms. The van der Waals surface area contributed by atoms with Crippen molar-refractivity contribution in [3.63, 3.8) is 0 Å². The molecule has 0 aliphatic carbocycles. The molecule has 0 aliphatic heterocycles. The monoisotopic (exact) mass is 226 g/mol. The predicted octanol–water partition coefficient (Wildman–Crippen LogP) is 3.63. The Balaban J connectivity index is 2.42. The van der Waals surface area contributed by atoms with Gasteiger partial charge in [0, 0.05) is 12.0 Å². The van der Waals surface area contributed by atoms with Gasteiger partial charge in [0.2, 0.25) is 0 Å². The van der Waals surface area contributed by atoms with E-state index in [2.05, 4.69) is 30.6 Å². The van der Waals surface area contributed by atoms with E-state index in [-0.39, 0.29) is 0 Å². The van der Waals surface area contributed by atoms with Crippen LogP contribution in [0.4, 0.5) is 0 Å². The molecule has 0 saturated carbocycles. The van der Waals surface area contributed by atoms with Crippen molar-refractivity contribution in [3.8, 4) is 29.4 Å². The van der Waals surface area contributed by atoms with Gasteiger partial charge >= 0.3 is 0 Å². The highest BCUT2D eigenvalue weighted by atomic mass is 16.5. The zero-order valence-corrected chi connectivity index (χ0v) is 10.5. The Bertz CT molecular complexity index is 434. The molecule has 0 aliphatic rings. The third kappa shape index (κ3) is 5.69. The van der Waals surface area contributed by atoms with E-state index in [1.165, 1.54) is 19.3 Å². The Morgan fingerprint density at radius 3 is 2.47 bits per heavy atom. The maximum Gasteiger partial charge on any atom is 0.118 e. The molecule has 0 saturated heterocycles. The predicted molar refractivity (Wildman–Crippen MR) is 71.8 cm³/mol. The molecule has 1 aromatic rings. The lowest BCUT2D eigenvalue weighted by Gasteiger charge is -1.96. The van der Waals surface area contributed by atoms with Gasteiger partial charge in [0.25, 0.3) is 0 Å². The first-order chi connectivity index (χ1) is 8.36. The van der Waals surface area contributed by atoms with Gasteiger partial charge in [0.15, 0.2) is 0 Å². The number of unbranched alkanes of at least 4 members (excludes halogenated alkanes) is 3. The normalized spacial score (nSPS) is 8.59. The molecule has 0 fully saturated rings. The van der Waals surface area contributed by atoms with Crippen LogP contribution < -0.4 is 4.74 Å². The van der Waals surface area contributed by atoms with E-state index in [0.717, 1.165) is 17.7 Å². The van der Waals surface area contributed by atoms with Crippen molar-refractivity contribution < 1.29 is 4.74 Å². The molecule has 0 aromatic heterocycles. The summed E-state index contributed by atoms with van der Waals surface area (Å²) in [6.07, 6.45) is 4.61. The zero-order chi connectivity index (χ0) is 12.3. The quantitative estimate of drug-likeness (QED) is 0.562. The number of hydrogen-bond acceptors (Lipinski definition) is 1. The molecule has 0 spiro atoms. The van der Waals surface area contributed by atoms with E-state index in [1.54, 1.807) is 7.11 Å². The number of hydrogen-bond donors (Lipinski definition) is 0. The fraction of sp³-hybridized carbons (Fsp3) is 0.375. The van der Waals surface area contributed by atoms with Gasteiger partial charge < -0.3 is 4.74 Å². The van der Waals surface area contributed by atoms with Crippen molar-refractivity contribution in [2.45, 2.75) is 32.6 Å². The van der Waals surface area contributed by atoms with Crippen molar-refractivity contribution in [2.24, 2.45) is 0 Å². The molecule has 88 valence electrons. The Morgan fingerprint density at radius 2 is 1.82 bits per heavy atom. The topological polar surface area (TPSA) is 9.23 Å². The van der Waals surface area contributed by atoms with E-state index in [9.17, 15) is 0 Å². The van der Waals surface area contributed by atoms with Crippen molar-refractivity contribution in [1.29, 1.82) is 0 Å². The number of ether oxygens (including phenoxy) is 1. The minimum absolute atomic E-state index is 0.848. The Hall–Kier alpha value is -1.86. The van der Waals surface area contributed by atoms with Gasteiger partial charge in [-0.15, -0.1) is 0 Å². The van der Waals surface area contributed by atoms with E-state index in [1.807, 2.05) is 24.3 Å². The summed E-state index contributed by atoms with van der Waals surface area (Å²) < 4.78 is 5.07. The first kappa shape index (κ1) is 13.2. The van der Waals surface area contributed by atoms with Crippen LogP contribution in [0.5, 0.6) is 5.75 Å². The van der Waals surface area contributed by atoms with Crippen LogP contribution in [0.25, 0.3) is 0 Å². The number of rotatable bonds is 4. The maximum atomic E-state index is 5.07. The lowest BCUT2D eigenvalue weighted by Crippen LogP contribution is -1.81. The molecule has 0 amide bonds. The van der Waals surface area contributed by atoms with Crippen molar-refractivity contribution in [3.05, 3.63) is 29.8 Å². The van der Waals surface area contributed by atoms with Crippen molar-refractivity contribution in [1.82, 2.24) is 0 Å². The molecular formula is C16H18O. The zero-order valence-electron chi connectivity index (χ0n) is 10.5. The molecule has 0 heterocycles. The summed E-state index contributed by atoms with van der Waals surface area (Å²) in [5.74, 6) is 12.7. The summed E-state index contributed by atoms with van der Waals surface area (Å²) >= 11 is 0. The summed E-state index contributed by atoms with van der Waals surface area (Å²) in [7, 11) is 1.66. The SMILES string of the molecule is CCCCCC#CC#Cc1ccc(OC)cc1. The molecule has 1 rings (SSSR count). The standard InChI is InChI=1S/C16H18O/c1-3-4-5-6-7-8-9-10-15-11-13-16(17-2)14-12-15/h11-14H,3-6H2,1-2H3.